The third kappa shape index (κ3) is 4.75. The van der Waals surface area contributed by atoms with Gasteiger partial charge in [0.1, 0.15) is 6.04 Å². The van der Waals surface area contributed by atoms with Crippen molar-refractivity contribution in [1.29, 1.82) is 0 Å². The molecule has 6 heteroatoms. The van der Waals surface area contributed by atoms with Crippen molar-refractivity contribution in [2.75, 3.05) is 6.61 Å². The van der Waals surface area contributed by atoms with Crippen LogP contribution >= 0.6 is 0 Å². The molecule has 0 aliphatic carbocycles. The Labute approximate surface area is 88.5 Å². The van der Waals surface area contributed by atoms with E-state index in [-0.39, 0.29) is 18.9 Å². The highest BCUT2D eigenvalue weighted by molar-refractivity contribution is 5.86. The molecule has 0 heterocycles. The molecule has 15 heavy (non-hydrogen) atoms. The van der Waals surface area contributed by atoms with Gasteiger partial charge < -0.3 is 21.3 Å². The Kier molecular flexibility index (Phi) is 5.88. The lowest BCUT2D eigenvalue weighted by atomic mass is 10.0. The van der Waals surface area contributed by atoms with Crippen LogP contribution < -0.4 is 11.1 Å². The van der Waals surface area contributed by atoms with Gasteiger partial charge in [-0.05, 0) is 5.92 Å². The first-order valence-electron chi connectivity index (χ1n) is 4.79. The molecule has 0 aliphatic heterocycles. The highest BCUT2D eigenvalue weighted by atomic mass is 16.4. The number of rotatable bonds is 6. The number of carboxylic acid groups (broad SMARTS) is 1. The van der Waals surface area contributed by atoms with Crippen LogP contribution in [0.3, 0.4) is 0 Å². The quantitative estimate of drug-likeness (QED) is 0.453. The SMILES string of the molecule is CC(C)[C@@H](N)C(=O)N[C@H](CCO)C(=O)O. The first kappa shape index (κ1) is 13.9. The highest BCUT2D eigenvalue weighted by Crippen LogP contribution is 2.00. The molecule has 1 amide bonds. The van der Waals surface area contributed by atoms with Crippen molar-refractivity contribution in [2.24, 2.45) is 11.7 Å². The Morgan fingerprint density at radius 3 is 2.27 bits per heavy atom. The molecule has 0 aromatic carbocycles. The summed E-state index contributed by atoms with van der Waals surface area (Å²) >= 11 is 0. The van der Waals surface area contributed by atoms with Crippen LogP contribution in [0, 0.1) is 5.92 Å². The summed E-state index contributed by atoms with van der Waals surface area (Å²) in [6, 6.07) is -1.81. The van der Waals surface area contributed by atoms with Gasteiger partial charge in [0.2, 0.25) is 5.91 Å². The number of hydrogen-bond acceptors (Lipinski definition) is 4. The Bertz CT molecular complexity index is 230. The van der Waals surface area contributed by atoms with E-state index in [1.807, 2.05) is 0 Å². The summed E-state index contributed by atoms with van der Waals surface area (Å²) in [5.41, 5.74) is 5.54. The lowest BCUT2D eigenvalue weighted by molar-refractivity contribution is -0.142. The third-order valence-electron chi connectivity index (χ3n) is 2.05. The van der Waals surface area contributed by atoms with Crippen molar-refractivity contribution in [1.82, 2.24) is 5.32 Å². The summed E-state index contributed by atoms with van der Waals surface area (Å²) in [5.74, 6) is -1.74. The molecule has 0 saturated carbocycles. The summed E-state index contributed by atoms with van der Waals surface area (Å²) in [4.78, 5) is 22.0. The standard InChI is InChI=1S/C9H18N2O4/c1-5(2)7(10)8(13)11-6(3-4-12)9(14)15/h5-7,12H,3-4,10H2,1-2H3,(H,11,13)(H,14,15)/t6-,7-/m1/s1. The second-order valence-corrected chi connectivity index (χ2v) is 3.68. The van der Waals surface area contributed by atoms with Gasteiger partial charge >= 0.3 is 5.97 Å². The van der Waals surface area contributed by atoms with Crippen molar-refractivity contribution >= 4 is 11.9 Å². The van der Waals surface area contributed by atoms with Crippen LogP contribution in [0.15, 0.2) is 0 Å². The molecule has 0 aromatic rings. The second kappa shape index (κ2) is 6.36. The minimum absolute atomic E-state index is 0.0219. The number of aliphatic hydroxyl groups excluding tert-OH is 1. The first-order chi connectivity index (χ1) is 6.90. The fourth-order valence-electron chi connectivity index (χ4n) is 0.957. The molecule has 88 valence electrons. The van der Waals surface area contributed by atoms with Gasteiger partial charge in [-0.2, -0.15) is 0 Å². The fraction of sp³-hybridized carbons (Fsp3) is 0.778. The fourth-order valence-corrected chi connectivity index (χ4v) is 0.957. The van der Waals surface area contributed by atoms with Crippen LogP contribution in [-0.2, 0) is 9.59 Å². The molecule has 2 atom stereocenters. The molecule has 5 N–H and O–H groups in total. The Morgan fingerprint density at radius 1 is 1.40 bits per heavy atom. The lowest BCUT2D eigenvalue weighted by Gasteiger charge is -2.19. The molecular weight excluding hydrogens is 200 g/mol. The maximum atomic E-state index is 11.4. The molecule has 0 radical (unpaired) electrons. The van der Waals surface area contributed by atoms with Gasteiger partial charge in [0.15, 0.2) is 0 Å². The van der Waals surface area contributed by atoms with Gasteiger partial charge in [0, 0.05) is 13.0 Å². The summed E-state index contributed by atoms with van der Waals surface area (Å²) in [7, 11) is 0. The molecule has 0 saturated heterocycles. The number of carbonyl (C=O) groups is 2. The minimum Gasteiger partial charge on any atom is -0.480 e. The number of carboxylic acids is 1. The number of hydrogen-bond donors (Lipinski definition) is 4. The predicted molar refractivity (Wildman–Crippen MR) is 54.1 cm³/mol. The average Bonchev–Trinajstić information content (AvgIpc) is 2.15. The number of nitrogens with two attached hydrogens (primary N) is 1. The van der Waals surface area contributed by atoms with Crippen molar-refractivity contribution < 1.29 is 19.8 Å². The maximum Gasteiger partial charge on any atom is 0.326 e. The average molecular weight is 218 g/mol. The van der Waals surface area contributed by atoms with E-state index in [2.05, 4.69) is 5.32 Å². The van der Waals surface area contributed by atoms with Crippen molar-refractivity contribution in [2.45, 2.75) is 32.4 Å². The Morgan fingerprint density at radius 2 is 1.93 bits per heavy atom. The van der Waals surface area contributed by atoms with E-state index in [0.29, 0.717) is 0 Å². The highest BCUT2D eigenvalue weighted by Gasteiger charge is 2.24. The third-order valence-corrected chi connectivity index (χ3v) is 2.05. The van der Waals surface area contributed by atoms with Crippen LogP contribution in [0.4, 0.5) is 0 Å². The van der Waals surface area contributed by atoms with Crippen molar-refractivity contribution in [3.05, 3.63) is 0 Å². The number of carbonyl (C=O) groups excluding carboxylic acids is 1. The molecule has 0 rings (SSSR count). The molecule has 0 fully saturated rings. The van der Waals surface area contributed by atoms with Gasteiger partial charge in [-0.1, -0.05) is 13.8 Å². The van der Waals surface area contributed by atoms with Gasteiger partial charge in [0.25, 0.3) is 0 Å². The van der Waals surface area contributed by atoms with Gasteiger partial charge in [-0.15, -0.1) is 0 Å². The van der Waals surface area contributed by atoms with Crippen molar-refractivity contribution in [3.8, 4) is 0 Å². The number of nitrogens with one attached hydrogen (secondary N) is 1. The zero-order chi connectivity index (χ0) is 12.0. The topological polar surface area (TPSA) is 113 Å². The molecular formula is C9H18N2O4. The minimum atomic E-state index is -1.17. The molecule has 0 unspecified atom stereocenters. The lowest BCUT2D eigenvalue weighted by Crippen LogP contribution is -2.50. The Balaban J connectivity index is 4.28. The van der Waals surface area contributed by atoms with E-state index >= 15 is 0 Å². The molecule has 0 bridgehead atoms. The predicted octanol–water partition coefficient (Wildman–Crippen LogP) is -1.08. The van der Waals surface area contributed by atoms with Gasteiger partial charge in [0.05, 0.1) is 6.04 Å². The van der Waals surface area contributed by atoms with Crippen molar-refractivity contribution in [3.63, 3.8) is 0 Å². The molecule has 6 nitrogen and oxygen atoms in total. The zero-order valence-corrected chi connectivity index (χ0v) is 8.93. The van der Waals surface area contributed by atoms with E-state index in [4.69, 9.17) is 15.9 Å². The molecule has 0 spiro atoms. The molecule has 0 aliphatic rings. The summed E-state index contributed by atoms with van der Waals surface area (Å²) in [5, 5.41) is 19.6. The number of aliphatic hydroxyl groups is 1. The van der Waals surface area contributed by atoms with E-state index in [1.54, 1.807) is 13.8 Å². The van der Waals surface area contributed by atoms with E-state index in [9.17, 15) is 9.59 Å². The van der Waals surface area contributed by atoms with Gasteiger partial charge in [-0.25, -0.2) is 4.79 Å². The van der Waals surface area contributed by atoms with Gasteiger partial charge in [-0.3, -0.25) is 4.79 Å². The number of amides is 1. The smallest absolute Gasteiger partial charge is 0.326 e. The van der Waals surface area contributed by atoms with Crippen LogP contribution in [0.1, 0.15) is 20.3 Å². The molecule has 0 aromatic heterocycles. The largest absolute Gasteiger partial charge is 0.480 e. The second-order valence-electron chi connectivity index (χ2n) is 3.68. The van der Waals surface area contributed by atoms with Crippen LogP contribution in [0.5, 0.6) is 0 Å². The summed E-state index contributed by atoms with van der Waals surface area (Å²) in [6.07, 6.45) is -0.0219. The van der Waals surface area contributed by atoms with Crippen LogP contribution in [0.2, 0.25) is 0 Å². The Hall–Kier alpha value is -1.14. The van der Waals surface area contributed by atoms with E-state index in [1.165, 1.54) is 0 Å². The monoisotopic (exact) mass is 218 g/mol. The first-order valence-corrected chi connectivity index (χ1v) is 4.79. The van der Waals surface area contributed by atoms with E-state index in [0.717, 1.165) is 0 Å². The maximum absolute atomic E-state index is 11.4. The van der Waals surface area contributed by atoms with Crippen LogP contribution in [-0.4, -0.2) is 40.8 Å². The number of aliphatic carboxylic acids is 1. The normalized spacial score (nSPS) is 14.7. The summed E-state index contributed by atoms with van der Waals surface area (Å²) < 4.78 is 0. The zero-order valence-electron chi connectivity index (χ0n) is 8.93. The van der Waals surface area contributed by atoms with Crippen LogP contribution in [0.25, 0.3) is 0 Å². The summed E-state index contributed by atoms with van der Waals surface area (Å²) in [6.45, 7) is 3.24. The van der Waals surface area contributed by atoms with E-state index < -0.39 is 24.0 Å².